The molecule has 18 heavy (non-hydrogen) atoms. The molecule has 2 aromatic rings. The van der Waals surface area contributed by atoms with Gasteiger partial charge in [0.25, 0.3) is 0 Å². The molecular weight excluding hydrogens is 312 g/mol. The number of rotatable bonds is 3. The van der Waals surface area contributed by atoms with Crippen molar-refractivity contribution in [2.24, 2.45) is 5.73 Å². The third-order valence-electron chi connectivity index (χ3n) is 3.09. The average molecular weight is 326 g/mol. The van der Waals surface area contributed by atoms with Crippen molar-refractivity contribution in [2.45, 2.75) is 18.9 Å². The van der Waals surface area contributed by atoms with Crippen molar-refractivity contribution in [3.8, 4) is 0 Å². The quantitative estimate of drug-likeness (QED) is 0.913. The van der Waals surface area contributed by atoms with Gasteiger partial charge in [0.05, 0.1) is 0 Å². The largest absolute Gasteiger partial charge is 0.323 e. The summed E-state index contributed by atoms with van der Waals surface area (Å²) >= 11 is 9.63. The lowest BCUT2D eigenvalue weighted by Gasteiger charge is -2.21. The molecule has 0 saturated carbocycles. The first-order chi connectivity index (χ1) is 8.59. The van der Waals surface area contributed by atoms with Gasteiger partial charge in [-0.15, -0.1) is 0 Å². The molecular formula is C14H14BrClN2. The highest BCUT2D eigenvalue weighted by Crippen LogP contribution is 2.33. The van der Waals surface area contributed by atoms with E-state index >= 15 is 0 Å². The highest BCUT2D eigenvalue weighted by atomic mass is 79.9. The van der Waals surface area contributed by atoms with E-state index in [0.29, 0.717) is 5.02 Å². The van der Waals surface area contributed by atoms with Gasteiger partial charge in [-0.25, -0.2) is 0 Å². The van der Waals surface area contributed by atoms with E-state index in [4.69, 9.17) is 17.3 Å². The summed E-state index contributed by atoms with van der Waals surface area (Å²) in [6, 6.07) is 9.63. The number of hydrogen-bond donors (Lipinski definition) is 1. The second-order valence-electron chi connectivity index (χ2n) is 4.26. The summed E-state index contributed by atoms with van der Waals surface area (Å²) in [6.45, 7) is 2.10. The van der Waals surface area contributed by atoms with Crippen LogP contribution in [-0.4, -0.2) is 4.98 Å². The molecule has 4 heteroatoms. The van der Waals surface area contributed by atoms with Crippen molar-refractivity contribution in [3.63, 3.8) is 0 Å². The molecule has 0 aliphatic carbocycles. The average Bonchev–Trinajstić information content (AvgIpc) is 2.38. The fourth-order valence-corrected chi connectivity index (χ4v) is 2.71. The Labute approximate surface area is 120 Å². The number of nitrogens with zero attached hydrogens (tertiary/aromatic N) is 1. The van der Waals surface area contributed by atoms with Crippen LogP contribution in [0.2, 0.25) is 5.02 Å². The van der Waals surface area contributed by atoms with Crippen LogP contribution in [-0.2, 0) is 0 Å². The Morgan fingerprint density at radius 3 is 2.50 bits per heavy atom. The molecule has 0 radical (unpaired) electrons. The van der Waals surface area contributed by atoms with E-state index in [9.17, 15) is 0 Å². The van der Waals surface area contributed by atoms with E-state index in [-0.39, 0.29) is 12.0 Å². The molecule has 1 heterocycles. The van der Waals surface area contributed by atoms with Crippen molar-refractivity contribution >= 4 is 27.5 Å². The Bertz CT molecular complexity index is 531. The first-order valence-corrected chi connectivity index (χ1v) is 6.87. The molecule has 1 aromatic carbocycles. The number of nitrogens with two attached hydrogens (primary N) is 1. The van der Waals surface area contributed by atoms with Gasteiger partial charge in [0.15, 0.2) is 0 Å². The van der Waals surface area contributed by atoms with E-state index in [1.165, 1.54) is 0 Å². The zero-order valence-corrected chi connectivity index (χ0v) is 12.3. The van der Waals surface area contributed by atoms with Crippen LogP contribution in [0.5, 0.6) is 0 Å². The lowest BCUT2D eigenvalue weighted by Crippen LogP contribution is -2.18. The summed E-state index contributed by atoms with van der Waals surface area (Å²) in [5.41, 5.74) is 8.43. The Hall–Kier alpha value is -0.900. The smallest absolute Gasteiger partial charge is 0.0465 e. The predicted molar refractivity (Wildman–Crippen MR) is 78.7 cm³/mol. The van der Waals surface area contributed by atoms with E-state index in [2.05, 4.69) is 27.8 Å². The molecule has 0 amide bonds. The Morgan fingerprint density at radius 2 is 1.89 bits per heavy atom. The van der Waals surface area contributed by atoms with Crippen LogP contribution in [0, 0.1) is 0 Å². The minimum Gasteiger partial charge on any atom is -0.323 e. The second kappa shape index (κ2) is 5.83. The van der Waals surface area contributed by atoms with E-state index in [0.717, 1.165) is 15.6 Å². The van der Waals surface area contributed by atoms with Crippen LogP contribution in [0.4, 0.5) is 0 Å². The third-order valence-corrected chi connectivity index (χ3v) is 3.91. The van der Waals surface area contributed by atoms with Crippen LogP contribution in [0.1, 0.15) is 30.0 Å². The summed E-state index contributed by atoms with van der Waals surface area (Å²) in [7, 11) is 0. The molecule has 2 unspecified atom stereocenters. The van der Waals surface area contributed by atoms with Gasteiger partial charge in [0, 0.05) is 33.8 Å². The zero-order valence-electron chi connectivity index (χ0n) is 9.98. The Kier molecular flexibility index (Phi) is 4.38. The van der Waals surface area contributed by atoms with E-state index in [1.807, 2.05) is 30.3 Å². The summed E-state index contributed by atoms with van der Waals surface area (Å²) < 4.78 is 0.958. The van der Waals surface area contributed by atoms with Crippen LogP contribution >= 0.6 is 27.5 Å². The molecule has 2 nitrogen and oxygen atoms in total. The van der Waals surface area contributed by atoms with Gasteiger partial charge >= 0.3 is 0 Å². The fourth-order valence-electron chi connectivity index (χ4n) is 1.92. The second-order valence-corrected chi connectivity index (χ2v) is 5.58. The molecule has 2 N–H and O–H groups in total. The van der Waals surface area contributed by atoms with Gasteiger partial charge in [-0.1, -0.05) is 40.5 Å². The normalized spacial score (nSPS) is 14.2. The van der Waals surface area contributed by atoms with Crippen molar-refractivity contribution < 1.29 is 0 Å². The number of benzene rings is 1. The van der Waals surface area contributed by atoms with Crippen LogP contribution < -0.4 is 5.73 Å². The molecule has 0 fully saturated rings. The molecule has 2 atom stereocenters. The van der Waals surface area contributed by atoms with Crippen molar-refractivity contribution in [1.29, 1.82) is 0 Å². The van der Waals surface area contributed by atoms with Gasteiger partial charge in [0.2, 0.25) is 0 Å². The number of halogens is 2. The SMILES string of the molecule is CC(c1ccncc1)C(N)c1ccc(Br)cc1Cl. The number of pyridine rings is 1. The molecule has 0 aliphatic heterocycles. The molecule has 94 valence electrons. The molecule has 0 bridgehead atoms. The Morgan fingerprint density at radius 1 is 1.22 bits per heavy atom. The van der Waals surface area contributed by atoms with Crippen LogP contribution in [0.25, 0.3) is 0 Å². The summed E-state index contributed by atoms with van der Waals surface area (Å²) in [6.07, 6.45) is 3.56. The molecule has 0 spiro atoms. The van der Waals surface area contributed by atoms with Gasteiger partial charge in [-0.05, 0) is 35.4 Å². The fraction of sp³-hybridized carbons (Fsp3) is 0.214. The summed E-state index contributed by atoms with van der Waals surface area (Å²) in [5, 5.41) is 0.692. The topological polar surface area (TPSA) is 38.9 Å². The molecule has 0 saturated heterocycles. The number of hydrogen-bond acceptors (Lipinski definition) is 2. The minimum atomic E-state index is -0.131. The van der Waals surface area contributed by atoms with Gasteiger partial charge < -0.3 is 5.73 Å². The molecule has 2 rings (SSSR count). The number of aromatic nitrogens is 1. The predicted octanol–water partition coefficient (Wildman–Crippen LogP) is 4.30. The lowest BCUT2D eigenvalue weighted by molar-refractivity contribution is 0.597. The zero-order chi connectivity index (χ0) is 13.1. The van der Waals surface area contributed by atoms with E-state index in [1.54, 1.807) is 12.4 Å². The third kappa shape index (κ3) is 2.91. The van der Waals surface area contributed by atoms with Crippen LogP contribution in [0.15, 0.2) is 47.2 Å². The van der Waals surface area contributed by atoms with Crippen molar-refractivity contribution in [1.82, 2.24) is 4.98 Å². The van der Waals surface area contributed by atoms with E-state index < -0.39 is 0 Å². The van der Waals surface area contributed by atoms with Gasteiger partial charge in [-0.2, -0.15) is 0 Å². The summed E-state index contributed by atoms with van der Waals surface area (Å²) in [5.74, 6) is 0.187. The maximum Gasteiger partial charge on any atom is 0.0465 e. The van der Waals surface area contributed by atoms with Gasteiger partial charge in [-0.3, -0.25) is 4.98 Å². The lowest BCUT2D eigenvalue weighted by atomic mass is 9.90. The van der Waals surface area contributed by atoms with Gasteiger partial charge in [0.1, 0.15) is 0 Å². The molecule has 0 aliphatic rings. The molecule has 1 aromatic heterocycles. The highest BCUT2D eigenvalue weighted by Gasteiger charge is 2.19. The minimum absolute atomic E-state index is 0.131. The monoisotopic (exact) mass is 324 g/mol. The summed E-state index contributed by atoms with van der Waals surface area (Å²) in [4.78, 5) is 4.02. The van der Waals surface area contributed by atoms with Crippen LogP contribution in [0.3, 0.4) is 0 Å². The first-order valence-electron chi connectivity index (χ1n) is 5.70. The highest BCUT2D eigenvalue weighted by molar-refractivity contribution is 9.10. The maximum atomic E-state index is 6.30. The van der Waals surface area contributed by atoms with Crippen molar-refractivity contribution in [3.05, 3.63) is 63.3 Å². The first kappa shape index (κ1) is 13.5. The maximum absolute atomic E-state index is 6.30. The standard InChI is InChI=1S/C14H14BrClN2/c1-9(10-4-6-18-7-5-10)14(17)12-3-2-11(15)8-13(12)16/h2-9,14H,17H2,1H3. The Balaban J connectivity index is 2.28. The van der Waals surface area contributed by atoms with Crippen molar-refractivity contribution in [2.75, 3.05) is 0 Å².